The molecule has 2 aliphatic heterocycles. The number of benzene rings is 2. The van der Waals surface area contributed by atoms with Gasteiger partial charge in [0.05, 0.1) is 30.5 Å². The number of esters is 1. The second kappa shape index (κ2) is 10.5. The number of carbonyl (C=O) groups excluding carboxylic acids is 1. The van der Waals surface area contributed by atoms with E-state index in [4.69, 9.17) is 14.2 Å². The van der Waals surface area contributed by atoms with E-state index < -0.39 is 77.5 Å². The summed E-state index contributed by atoms with van der Waals surface area (Å²) in [6, 6.07) is 3.47. The first-order valence-electron chi connectivity index (χ1n) is 12.0. The van der Waals surface area contributed by atoms with Crippen LogP contribution < -0.4 is 0 Å². The third-order valence-electron chi connectivity index (χ3n) is 6.78. The highest BCUT2D eigenvalue weighted by atomic mass is 19.4. The topological polar surface area (TPSA) is 116 Å². The maximum absolute atomic E-state index is 13.8. The highest BCUT2D eigenvalue weighted by Crippen LogP contribution is 2.45. The molecule has 0 amide bonds. The lowest BCUT2D eigenvalue weighted by molar-refractivity contribution is -0.337. The summed E-state index contributed by atoms with van der Waals surface area (Å²) in [6.45, 7) is -0.567. The van der Waals surface area contributed by atoms with Crippen LogP contribution in [0, 0.1) is 17.5 Å². The Balaban J connectivity index is 1.54. The zero-order chi connectivity index (χ0) is 28.8. The molecular formula is C25H21F6N3O6. The monoisotopic (exact) mass is 573 g/mol. The molecule has 3 aromatic rings. The number of halogens is 6. The van der Waals surface area contributed by atoms with Gasteiger partial charge in [-0.1, -0.05) is 11.3 Å². The Morgan fingerprint density at radius 2 is 1.90 bits per heavy atom. The lowest BCUT2D eigenvalue weighted by Gasteiger charge is -2.48. The number of hydrogen-bond acceptors (Lipinski definition) is 8. The Morgan fingerprint density at radius 3 is 2.52 bits per heavy atom. The van der Waals surface area contributed by atoms with Crippen LogP contribution in [0.5, 0.6) is 0 Å². The lowest BCUT2D eigenvalue weighted by atomic mass is 9.88. The molecular weight excluding hydrogens is 552 g/mol. The summed E-state index contributed by atoms with van der Waals surface area (Å²) in [5.74, 6) is -7.58. The molecule has 9 nitrogen and oxygen atoms in total. The van der Waals surface area contributed by atoms with E-state index in [1.54, 1.807) is 0 Å². The molecule has 0 aliphatic carbocycles. The molecule has 0 unspecified atom stereocenters. The molecule has 2 fully saturated rings. The molecule has 214 valence electrons. The molecule has 1 aromatic heterocycles. The van der Waals surface area contributed by atoms with Gasteiger partial charge in [0.2, 0.25) is 5.79 Å². The van der Waals surface area contributed by atoms with Crippen LogP contribution in [0.1, 0.15) is 34.8 Å². The molecule has 2 aromatic carbocycles. The SMILES string of the molecule is O=C(O[C@@H]1[C@@H](n2cc(-c3cc(F)c(F)c(F)c3)nn2)[C@@H](O)[C@@H](CO)O[C@@]12CCCO2)c1cccc(C(F)(F)F)c1. The highest BCUT2D eigenvalue weighted by Gasteiger charge is 2.60. The van der Waals surface area contributed by atoms with E-state index in [9.17, 15) is 41.4 Å². The molecule has 40 heavy (non-hydrogen) atoms. The van der Waals surface area contributed by atoms with E-state index in [0.29, 0.717) is 24.6 Å². The van der Waals surface area contributed by atoms with Crippen molar-refractivity contribution in [2.45, 2.75) is 49.2 Å². The second-order valence-corrected chi connectivity index (χ2v) is 9.33. The summed E-state index contributed by atoms with van der Waals surface area (Å²) in [5.41, 5.74) is -1.89. The molecule has 15 heteroatoms. The van der Waals surface area contributed by atoms with Gasteiger partial charge in [-0.15, -0.1) is 5.10 Å². The van der Waals surface area contributed by atoms with Crippen molar-refractivity contribution in [1.82, 2.24) is 15.0 Å². The van der Waals surface area contributed by atoms with Crippen molar-refractivity contribution < 1.29 is 55.6 Å². The zero-order valence-electron chi connectivity index (χ0n) is 20.3. The molecule has 5 atom stereocenters. The minimum absolute atomic E-state index is 0.114. The first kappa shape index (κ1) is 28.0. The average molecular weight is 573 g/mol. The smallest absolute Gasteiger partial charge is 0.416 e. The number of aromatic nitrogens is 3. The van der Waals surface area contributed by atoms with Gasteiger partial charge >= 0.3 is 12.1 Å². The van der Waals surface area contributed by atoms with Crippen molar-refractivity contribution in [3.63, 3.8) is 0 Å². The van der Waals surface area contributed by atoms with Crippen LogP contribution in [0.25, 0.3) is 11.3 Å². The minimum Gasteiger partial charge on any atom is -0.451 e. The molecule has 3 heterocycles. The number of aliphatic hydroxyl groups is 2. The van der Waals surface area contributed by atoms with E-state index in [1.807, 2.05) is 0 Å². The maximum atomic E-state index is 13.8. The number of nitrogens with zero attached hydrogens (tertiary/aromatic N) is 3. The van der Waals surface area contributed by atoms with E-state index in [1.165, 1.54) is 0 Å². The van der Waals surface area contributed by atoms with Crippen molar-refractivity contribution in [2.24, 2.45) is 0 Å². The van der Waals surface area contributed by atoms with Gasteiger partial charge < -0.3 is 24.4 Å². The Morgan fingerprint density at radius 1 is 1.18 bits per heavy atom. The average Bonchev–Trinajstić information content (AvgIpc) is 3.59. The summed E-state index contributed by atoms with van der Waals surface area (Å²) in [6.07, 6.45) is -7.52. The first-order valence-corrected chi connectivity index (χ1v) is 12.0. The third kappa shape index (κ3) is 5.05. The van der Waals surface area contributed by atoms with Gasteiger partial charge in [0, 0.05) is 12.0 Å². The zero-order valence-corrected chi connectivity index (χ0v) is 20.3. The number of rotatable bonds is 5. The van der Waals surface area contributed by atoms with Gasteiger partial charge in [-0.05, 0) is 36.8 Å². The number of carbonyl (C=O) groups is 1. The maximum Gasteiger partial charge on any atom is 0.416 e. The van der Waals surface area contributed by atoms with Crippen LogP contribution in [0.4, 0.5) is 26.3 Å². The third-order valence-corrected chi connectivity index (χ3v) is 6.78. The fourth-order valence-corrected chi connectivity index (χ4v) is 4.87. The van der Waals surface area contributed by atoms with Crippen LogP contribution in [0.2, 0.25) is 0 Å². The molecule has 2 aliphatic rings. The minimum atomic E-state index is -4.73. The van der Waals surface area contributed by atoms with Gasteiger partial charge in [0.1, 0.15) is 23.9 Å². The Hall–Kier alpha value is -3.53. The van der Waals surface area contributed by atoms with Crippen molar-refractivity contribution in [1.29, 1.82) is 0 Å². The fourth-order valence-electron chi connectivity index (χ4n) is 4.87. The first-order chi connectivity index (χ1) is 18.9. The molecule has 0 radical (unpaired) electrons. The van der Waals surface area contributed by atoms with Crippen molar-refractivity contribution >= 4 is 5.97 Å². The van der Waals surface area contributed by atoms with Crippen LogP contribution in [0.15, 0.2) is 42.6 Å². The summed E-state index contributed by atoms with van der Waals surface area (Å²) in [5, 5.41) is 28.7. The Labute approximate surface area is 221 Å². The largest absolute Gasteiger partial charge is 0.451 e. The van der Waals surface area contributed by atoms with Gasteiger partial charge in [0.25, 0.3) is 0 Å². The predicted octanol–water partition coefficient (Wildman–Crippen LogP) is 3.41. The van der Waals surface area contributed by atoms with Crippen LogP contribution in [-0.2, 0) is 20.4 Å². The van der Waals surface area contributed by atoms with Gasteiger partial charge in [0.15, 0.2) is 23.6 Å². The van der Waals surface area contributed by atoms with Crippen molar-refractivity contribution in [3.8, 4) is 11.3 Å². The molecule has 0 bridgehead atoms. The number of ether oxygens (including phenoxy) is 3. The van der Waals surface area contributed by atoms with Gasteiger partial charge in [-0.2, -0.15) is 13.2 Å². The lowest BCUT2D eigenvalue weighted by Crippen LogP contribution is -2.63. The van der Waals surface area contributed by atoms with Crippen LogP contribution in [-0.4, -0.2) is 68.5 Å². The fraction of sp³-hybridized carbons (Fsp3) is 0.400. The van der Waals surface area contributed by atoms with E-state index in [0.717, 1.165) is 29.1 Å². The highest BCUT2D eigenvalue weighted by molar-refractivity contribution is 5.89. The van der Waals surface area contributed by atoms with Crippen LogP contribution >= 0.6 is 0 Å². The molecule has 0 saturated carbocycles. The Bertz CT molecular complexity index is 1390. The standard InChI is InChI=1S/C25H21F6N3O6/c26-15-8-13(9-16(27)19(15)28)17-10-34(33-32-17)20-21(36)18(11-35)40-24(5-2-6-38-24)22(20)39-23(37)12-3-1-4-14(7-12)25(29,30)31/h1,3-4,7-10,18,20-22,35-36H,2,5-6,11H2/t18-,20+,21+,22-,24+/m1/s1. The molecule has 5 rings (SSSR count). The van der Waals surface area contributed by atoms with Gasteiger partial charge in [-0.3, -0.25) is 0 Å². The summed E-state index contributed by atoms with van der Waals surface area (Å²) in [4.78, 5) is 13.1. The molecule has 1 spiro atoms. The summed E-state index contributed by atoms with van der Waals surface area (Å²) >= 11 is 0. The number of aliphatic hydroxyl groups excluding tert-OH is 2. The number of hydrogen-bond donors (Lipinski definition) is 2. The number of alkyl halides is 3. The van der Waals surface area contributed by atoms with Gasteiger partial charge in [-0.25, -0.2) is 22.6 Å². The summed E-state index contributed by atoms with van der Waals surface area (Å²) in [7, 11) is 0. The van der Waals surface area contributed by atoms with E-state index in [-0.39, 0.29) is 24.3 Å². The quantitative estimate of drug-likeness (QED) is 0.271. The second-order valence-electron chi connectivity index (χ2n) is 9.33. The molecule has 2 saturated heterocycles. The summed E-state index contributed by atoms with van der Waals surface area (Å²) < 4.78 is 99.0. The Kier molecular flexibility index (Phi) is 7.33. The molecule has 2 N–H and O–H groups in total. The van der Waals surface area contributed by atoms with Crippen molar-refractivity contribution in [3.05, 3.63) is 71.2 Å². The van der Waals surface area contributed by atoms with Crippen molar-refractivity contribution in [2.75, 3.05) is 13.2 Å². The van der Waals surface area contributed by atoms with Crippen LogP contribution in [0.3, 0.4) is 0 Å². The van der Waals surface area contributed by atoms with E-state index in [2.05, 4.69) is 10.3 Å². The normalized spacial score (nSPS) is 26.8. The van der Waals surface area contributed by atoms with E-state index >= 15 is 0 Å². The predicted molar refractivity (Wildman–Crippen MR) is 121 cm³/mol.